The molecule has 4 aliphatic rings. The van der Waals surface area contributed by atoms with E-state index in [0.29, 0.717) is 10.8 Å². The minimum absolute atomic E-state index is 0. The first-order chi connectivity index (χ1) is 13.0. The Hall–Kier alpha value is 1.64. The molecule has 0 spiro atoms. The fraction of sp³-hybridized carbons (Fsp3) is 0.760. The molecule has 2 aliphatic carbocycles. The molecule has 4 rings (SSSR count). The van der Waals surface area contributed by atoms with E-state index < -0.39 is 20.8 Å². The summed E-state index contributed by atoms with van der Waals surface area (Å²) in [4.78, 5) is 3.16. The number of hydrogen-bond donors (Lipinski definition) is 0. The Morgan fingerprint density at radius 1 is 0.833 bits per heavy atom. The average Bonchev–Trinajstić information content (AvgIpc) is 3.28. The van der Waals surface area contributed by atoms with E-state index in [1.54, 1.807) is 9.81 Å². The van der Waals surface area contributed by atoms with Gasteiger partial charge in [-0.2, -0.15) is 0 Å². The molecular weight excluding hydrogens is 527 g/mol. The van der Waals surface area contributed by atoms with Gasteiger partial charge in [0.05, 0.1) is 0 Å². The fourth-order valence-corrected chi connectivity index (χ4v) is 10.0. The zero-order valence-electron chi connectivity index (χ0n) is 20.4. The van der Waals surface area contributed by atoms with Crippen molar-refractivity contribution in [3.63, 3.8) is 0 Å². The van der Waals surface area contributed by atoms with E-state index in [1.165, 1.54) is 19.3 Å². The SMILES string of the molecule is CC1=CC2C3C=C(C)SC3C(C(C)(C)C3CCC(C(C)(C)C)C3)C2S1.[CH3-].[CH3-].[Cl][Zr+2][Cl]. The zero-order valence-corrected chi connectivity index (χ0v) is 26.0. The van der Waals surface area contributed by atoms with E-state index in [-0.39, 0.29) is 14.9 Å². The first-order valence-electron chi connectivity index (χ1n) is 10.7. The third-order valence-corrected chi connectivity index (χ3v) is 10.8. The van der Waals surface area contributed by atoms with Gasteiger partial charge in [-0.3, -0.25) is 0 Å². The average molecular weight is 569 g/mol. The van der Waals surface area contributed by atoms with Crippen molar-refractivity contribution in [2.45, 2.75) is 78.2 Å². The number of hydrogen-bond acceptors (Lipinski definition) is 2. The summed E-state index contributed by atoms with van der Waals surface area (Å²) in [7, 11) is 9.87. The number of fused-ring (bicyclic) bond motifs is 3. The van der Waals surface area contributed by atoms with E-state index in [1.807, 2.05) is 0 Å². The van der Waals surface area contributed by atoms with Gasteiger partial charge in [-0.15, -0.1) is 23.5 Å². The number of halogens is 2. The molecule has 6 unspecified atom stereocenters. The Balaban J connectivity index is 0.000000851. The molecule has 0 nitrogen and oxygen atoms in total. The van der Waals surface area contributed by atoms with Crippen LogP contribution in [0.5, 0.6) is 0 Å². The molecule has 0 amide bonds. The second kappa shape index (κ2) is 11.4. The summed E-state index contributed by atoms with van der Waals surface area (Å²) < 4.78 is 0. The van der Waals surface area contributed by atoms with Gasteiger partial charge in [-0.25, -0.2) is 0 Å². The van der Waals surface area contributed by atoms with Crippen molar-refractivity contribution in [2.75, 3.05) is 0 Å². The van der Waals surface area contributed by atoms with Gasteiger partial charge in [-0.1, -0.05) is 46.8 Å². The summed E-state index contributed by atoms with van der Waals surface area (Å²) in [5.74, 6) is 4.26. The molecule has 0 saturated heterocycles. The van der Waals surface area contributed by atoms with Crippen LogP contribution in [0.25, 0.3) is 0 Å². The molecule has 6 atom stereocenters. The third-order valence-electron chi connectivity index (χ3n) is 7.98. The summed E-state index contributed by atoms with van der Waals surface area (Å²) in [6.45, 7) is 17.3. The Bertz CT molecular complexity index is 606. The van der Waals surface area contributed by atoms with Crippen molar-refractivity contribution < 1.29 is 20.8 Å². The topological polar surface area (TPSA) is 0 Å². The normalized spacial score (nSPS) is 36.9. The van der Waals surface area contributed by atoms with Crippen LogP contribution in [-0.4, -0.2) is 10.5 Å². The molecule has 0 aromatic carbocycles. The Morgan fingerprint density at radius 2 is 1.23 bits per heavy atom. The monoisotopic (exact) mass is 566 g/mol. The second-order valence-corrected chi connectivity index (χ2v) is 17.4. The first kappa shape index (κ1) is 29.7. The molecule has 0 bridgehead atoms. The van der Waals surface area contributed by atoms with Crippen LogP contribution in [0.1, 0.15) is 67.7 Å². The fourth-order valence-electron chi connectivity index (χ4n) is 6.43. The molecule has 0 N–H and O–H groups in total. The van der Waals surface area contributed by atoms with Gasteiger partial charge in [0.2, 0.25) is 0 Å². The van der Waals surface area contributed by atoms with Gasteiger partial charge in [0.25, 0.3) is 0 Å². The van der Waals surface area contributed by atoms with Crippen LogP contribution in [-0.2, 0) is 20.8 Å². The zero-order chi connectivity index (χ0) is 20.9. The molecular formula is C25H42Cl2S2Zr. The molecule has 2 saturated carbocycles. The van der Waals surface area contributed by atoms with Crippen molar-refractivity contribution in [1.29, 1.82) is 0 Å². The number of thioether (sulfide) groups is 2. The van der Waals surface area contributed by atoms with Gasteiger partial charge in [0, 0.05) is 10.5 Å². The summed E-state index contributed by atoms with van der Waals surface area (Å²) in [6.07, 6.45) is 9.59. The maximum absolute atomic E-state index is 4.93. The van der Waals surface area contributed by atoms with Crippen molar-refractivity contribution >= 4 is 40.5 Å². The van der Waals surface area contributed by atoms with Crippen molar-refractivity contribution in [2.24, 2.45) is 40.4 Å². The van der Waals surface area contributed by atoms with E-state index in [4.69, 9.17) is 17.0 Å². The summed E-state index contributed by atoms with van der Waals surface area (Å²) >= 11 is 3.60. The van der Waals surface area contributed by atoms with E-state index in [2.05, 4.69) is 84.1 Å². The van der Waals surface area contributed by atoms with Crippen LogP contribution in [0.3, 0.4) is 0 Å². The van der Waals surface area contributed by atoms with Gasteiger partial charge < -0.3 is 14.9 Å². The molecule has 30 heavy (non-hydrogen) atoms. The molecule has 2 fully saturated rings. The molecule has 0 aromatic heterocycles. The van der Waals surface area contributed by atoms with Crippen LogP contribution in [0.4, 0.5) is 0 Å². The van der Waals surface area contributed by atoms with Crippen LogP contribution < -0.4 is 0 Å². The Kier molecular flexibility index (Phi) is 11.3. The van der Waals surface area contributed by atoms with Crippen LogP contribution in [0.15, 0.2) is 22.0 Å². The summed E-state index contributed by atoms with van der Waals surface area (Å²) in [5.41, 5.74) is 0.936. The van der Waals surface area contributed by atoms with Crippen LogP contribution in [0.2, 0.25) is 0 Å². The van der Waals surface area contributed by atoms with E-state index in [9.17, 15) is 0 Å². The van der Waals surface area contributed by atoms with Crippen molar-refractivity contribution in [1.82, 2.24) is 0 Å². The predicted octanol–water partition coefficient (Wildman–Crippen LogP) is 9.65. The second-order valence-electron chi connectivity index (χ2n) is 10.9. The third kappa shape index (κ3) is 5.82. The molecule has 172 valence electrons. The van der Waals surface area contributed by atoms with Gasteiger partial charge in [0.1, 0.15) is 0 Å². The Morgan fingerprint density at radius 3 is 1.60 bits per heavy atom. The van der Waals surface area contributed by atoms with Gasteiger partial charge in [-0.05, 0) is 83.3 Å². The minimum atomic E-state index is -0.826. The Labute approximate surface area is 215 Å². The van der Waals surface area contributed by atoms with E-state index >= 15 is 0 Å². The molecule has 2 aliphatic heterocycles. The van der Waals surface area contributed by atoms with Crippen molar-refractivity contribution in [3.05, 3.63) is 36.8 Å². The van der Waals surface area contributed by atoms with Gasteiger partial charge in [0.15, 0.2) is 0 Å². The van der Waals surface area contributed by atoms with E-state index in [0.717, 1.165) is 40.1 Å². The standard InChI is InChI=1S/C23H36S2.2CH3.2ClH.Zr/c1-13-10-17-18-11-14(2)25-21(18)19(20(17)24-13)23(6,7)16-9-8-15(12-16)22(3,4)5;;;;;/h10-11,15-21H,8-9,12H2,1-7H3;2*1H3;2*1H;/q;2*-1;;;+4/p-2. The number of allylic oxidation sites excluding steroid dienone is 4. The summed E-state index contributed by atoms with van der Waals surface area (Å²) in [5, 5.41) is 1.66. The first-order valence-corrected chi connectivity index (χ1v) is 18.8. The molecule has 5 heteroatoms. The number of rotatable bonds is 2. The van der Waals surface area contributed by atoms with Crippen molar-refractivity contribution in [3.8, 4) is 0 Å². The maximum atomic E-state index is 4.93. The molecule has 2 heterocycles. The predicted molar refractivity (Wildman–Crippen MR) is 139 cm³/mol. The van der Waals surface area contributed by atoms with Crippen LogP contribution in [0, 0.1) is 55.3 Å². The van der Waals surface area contributed by atoms with Gasteiger partial charge >= 0.3 is 37.9 Å². The molecule has 0 radical (unpaired) electrons. The van der Waals surface area contributed by atoms with Crippen LogP contribution >= 0.6 is 40.5 Å². The molecule has 0 aromatic rings. The summed E-state index contributed by atoms with van der Waals surface area (Å²) in [6, 6.07) is 0. The quantitative estimate of drug-likeness (QED) is 0.304.